The van der Waals surface area contributed by atoms with Gasteiger partial charge in [0.25, 0.3) is 0 Å². The summed E-state index contributed by atoms with van der Waals surface area (Å²) in [5.74, 6) is 0. The SMILES string of the molecule is CN(C)c1cccc2c(S(=O)(=O)NC(C)(C)c3ccccc3)cccc12. The van der Waals surface area contributed by atoms with E-state index < -0.39 is 15.6 Å². The highest BCUT2D eigenvalue weighted by atomic mass is 32.2. The second-order valence-electron chi connectivity index (χ2n) is 7.12. The highest BCUT2D eigenvalue weighted by Crippen LogP contribution is 2.31. The fourth-order valence-corrected chi connectivity index (χ4v) is 4.82. The standard InChI is InChI=1S/C21H24N2O2S/c1-21(2,16-10-6-5-7-11-16)22-26(24,25)20-15-9-12-17-18(20)13-8-14-19(17)23(3)4/h5-15,22H,1-4H3. The van der Waals surface area contributed by atoms with E-state index in [1.54, 1.807) is 12.1 Å². The van der Waals surface area contributed by atoms with E-state index in [1.807, 2.05) is 87.4 Å². The molecule has 3 rings (SSSR count). The maximum Gasteiger partial charge on any atom is 0.241 e. The van der Waals surface area contributed by atoms with Gasteiger partial charge < -0.3 is 4.90 Å². The zero-order chi connectivity index (χ0) is 18.9. The number of fused-ring (bicyclic) bond motifs is 1. The van der Waals surface area contributed by atoms with Crippen LogP contribution in [0.5, 0.6) is 0 Å². The predicted octanol–water partition coefficient (Wildman–Crippen LogP) is 4.12. The lowest BCUT2D eigenvalue weighted by Crippen LogP contribution is -2.40. The third kappa shape index (κ3) is 3.45. The molecule has 0 aliphatic heterocycles. The van der Waals surface area contributed by atoms with Crippen molar-refractivity contribution in [3.8, 4) is 0 Å². The molecule has 0 radical (unpaired) electrons. The van der Waals surface area contributed by atoms with E-state index in [-0.39, 0.29) is 0 Å². The van der Waals surface area contributed by atoms with Crippen LogP contribution in [0.15, 0.2) is 71.6 Å². The quantitative estimate of drug-likeness (QED) is 0.737. The zero-order valence-corrected chi connectivity index (χ0v) is 16.3. The summed E-state index contributed by atoms with van der Waals surface area (Å²) in [6.07, 6.45) is 0. The van der Waals surface area contributed by atoms with Crippen molar-refractivity contribution in [1.82, 2.24) is 4.72 Å². The summed E-state index contributed by atoms with van der Waals surface area (Å²) in [5.41, 5.74) is 1.18. The van der Waals surface area contributed by atoms with Crippen molar-refractivity contribution in [2.24, 2.45) is 0 Å². The van der Waals surface area contributed by atoms with Gasteiger partial charge in [0.15, 0.2) is 0 Å². The van der Waals surface area contributed by atoms with Crippen molar-refractivity contribution < 1.29 is 8.42 Å². The molecule has 0 fully saturated rings. The fraction of sp³-hybridized carbons (Fsp3) is 0.238. The minimum Gasteiger partial charge on any atom is -0.377 e. The molecular weight excluding hydrogens is 344 g/mol. The first-order chi connectivity index (χ1) is 12.2. The molecule has 0 aliphatic carbocycles. The van der Waals surface area contributed by atoms with Gasteiger partial charge in [0.05, 0.1) is 10.4 Å². The Kier molecular flexibility index (Phi) is 4.78. The van der Waals surface area contributed by atoms with Crippen LogP contribution in [0, 0.1) is 0 Å². The van der Waals surface area contributed by atoms with Crippen LogP contribution in [0.4, 0.5) is 5.69 Å². The van der Waals surface area contributed by atoms with Gasteiger partial charge in [0, 0.05) is 30.6 Å². The molecule has 1 N–H and O–H groups in total. The van der Waals surface area contributed by atoms with Crippen molar-refractivity contribution in [1.29, 1.82) is 0 Å². The smallest absolute Gasteiger partial charge is 0.241 e. The van der Waals surface area contributed by atoms with Crippen LogP contribution in [0.1, 0.15) is 19.4 Å². The van der Waals surface area contributed by atoms with E-state index in [2.05, 4.69) is 4.72 Å². The first kappa shape index (κ1) is 18.4. The lowest BCUT2D eigenvalue weighted by molar-refractivity contribution is 0.472. The number of rotatable bonds is 5. The van der Waals surface area contributed by atoms with Gasteiger partial charge in [0.1, 0.15) is 0 Å². The Bertz CT molecular complexity index is 1030. The number of hydrogen-bond donors (Lipinski definition) is 1. The number of anilines is 1. The van der Waals surface area contributed by atoms with Crippen molar-refractivity contribution >= 4 is 26.5 Å². The number of benzene rings is 3. The molecule has 0 aromatic heterocycles. The number of nitrogens with zero attached hydrogens (tertiary/aromatic N) is 1. The summed E-state index contributed by atoms with van der Waals surface area (Å²) in [7, 11) is 0.199. The Morgan fingerprint density at radius 2 is 1.42 bits per heavy atom. The Morgan fingerprint density at radius 1 is 0.808 bits per heavy atom. The molecule has 0 amide bonds. The Hall–Kier alpha value is -2.37. The molecule has 0 heterocycles. The zero-order valence-electron chi connectivity index (χ0n) is 15.5. The molecule has 0 saturated carbocycles. The van der Waals surface area contributed by atoms with Crippen LogP contribution in [0.2, 0.25) is 0 Å². The normalized spacial score (nSPS) is 12.3. The summed E-state index contributed by atoms with van der Waals surface area (Å²) in [6.45, 7) is 3.74. The molecular formula is C21H24N2O2S. The van der Waals surface area contributed by atoms with Gasteiger partial charge >= 0.3 is 0 Å². The Balaban J connectivity index is 2.10. The fourth-order valence-electron chi connectivity index (χ4n) is 3.19. The van der Waals surface area contributed by atoms with Gasteiger partial charge in [-0.15, -0.1) is 0 Å². The molecule has 5 heteroatoms. The van der Waals surface area contributed by atoms with Gasteiger partial charge in [-0.05, 0) is 31.5 Å². The van der Waals surface area contributed by atoms with Crippen molar-refractivity contribution in [2.75, 3.05) is 19.0 Å². The van der Waals surface area contributed by atoms with E-state index in [0.29, 0.717) is 4.90 Å². The van der Waals surface area contributed by atoms with Crippen molar-refractivity contribution in [2.45, 2.75) is 24.3 Å². The molecule has 0 saturated heterocycles. The van der Waals surface area contributed by atoms with E-state index in [0.717, 1.165) is 22.0 Å². The second kappa shape index (κ2) is 6.74. The highest BCUT2D eigenvalue weighted by Gasteiger charge is 2.29. The molecule has 0 spiro atoms. The average molecular weight is 369 g/mol. The molecule has 26 heavy (non-hydrogen) atoms. The lowest BCUT2D eigenvalue weighted by Gasteiger charge is -2.27. The van der Waals surface area contributed by atoms with E-state index in [1.165, 1.54) is 0 Å². The molecule has 136 valence electrons. The third-order valence-corrected chi connectivity index (χ3v) is 6.23. The van der Waals surface area contributed by atoms with Gasteiger partial charge in [-0.25, -0.2) is 13.1 Å². The number of sulfonamides is 1. The minimum atomic E-state index is -3.70. The van der Waals surface area contributed by atoms with Gasteiger partial charge in [0.2, 0.25) is 10.0 Å². The van der Waals surface area contributed by atoms with Gasteiger partial charge in [-0.2, -0.15) is 0 Å². The molecule has 0 aliphatic rings. The summed E-state index contributed by atoms with van der Waals surface area (Å²) in [6, 6.07) is 20.7. The van der Waals surface area contributed by atoms with Crippen LogP contribution >= 0.6 is 0 Å². The maximum absolute atomic E-state index is 13.2. The molecule has 0 bridgehead atoms. The Labute approximate surface area is 155 Å². The molecule has 3 aromatic carbocycles. The number of hydrogen-bond acceptors (Lipinski definition) is 3. The minimum absolute atomic E-state index is 0.294. The van der Waals surface area contributed by atoms with Crippen LogP contribution in [0.25, 0.3) is 10.8 Å². The maximum atomic E-state index is 13.2. The molecule has 0 atom stereocenters. The van der Waals surface area contributed by atoms with Crippen LogP contribution < -0.4 is 9.62 Å². The summed E-state index contributed by atoms with van der Waals surface area (Å²) < 4.78 is 29.2. The van der Waals surface area contributed by atoms with Gasteiger partial charge in [-0.3, -0.25) is 0 Å². The topological polar surface area (TPSA) is 49.4 Å². The third-order valence-electron chi connectivity index (χ3n) is 4.52. The van der Waals surface area contributed by atoms with Crippen molar-refractivity contribution in [3.05, 3.63) is 72.3 Å². The molecule has 4 nitrogen and oxygen atoms in total. The largest absolute Gasteiger partial charge is 0.377 e. The van der Waals surface area contributed by atoms with E-state index in [9.17, 15) is 8.42 Å². The van der Waals surface area contributed by atoms with Crippen LogP contribution in [-0.4, -0.2) is 22.5 Å². The molecule has 0 unspecified atom stereocenters. The average Bonchev–Trinajstić information content (AvgIpc) is 2.60. The monoisotopic (exact) mass is 368 g/mol. The van der Waals surface area contributed by atoms with Crippen LogP contribution in [-0.2, 0) is 15.6 Å². The first-order valence-corrected chi connectivity index (χ1v) is 9.99. The Morgan fingerprint density at radius 3 is 2.08 bits per heavy atom. The predicted molar refractivity (Wildman–Crippen MR) is 108 cm³/mol. The lowest BCUT2D eigenvalue weighted by atomic mass is 9.96. The van der Waals surface area contributed by atoms with Crippen molar-refractivity contribution in [3.63, 3.8) is 0 Å². The van der Waals surface area contributed by atoms with E-state index in [4.69, 9.17) is 0 Å². The summed E-state index contributed by atoms with van der Waals surface area (Å²) >= 11 is 0. The number of nitrogens with one attached hydrogen (secondary N) is 1. The molecule has 3 aromatic rings. The van der Waals surface area contributed by atoms with Gasteiger partial charge in [-0.1, -0.05) is 54.6 Å². The van der Waals surface area contributed by atoms with Crippen LogP contribution in [0.3, 0.4) is 0 Å². The second-order valence-corrected chi connectivity index (χ2v) is 8.77. The summed E-state index contributed by atoms with van der Waals surface area (Å²) in [5, 5.41) is 1.63. The highest BCUT2D eigenvalue weighted by molar-refractivity contribution is 7.89. The van der Waals surface area contributed by atoms with E-state index >= 15 is 0 Å². The first-order valence-electron chi connectivity index (χ1n) is 8.51. The summed E-state index contributed by atoms with van der Waals surface area (Å²) in [4.78, 5) is 2.28.